The molecule has 1 atom stereocenters. The van der Waals surface area contributed by atoms with Crippen molar-refractivity contribution in [3.05, 3.63) is 59.9 Å². The van der Waals surface area contributed by atoms with Gasteiger partial charge in [-0.05, 0) is 18.1 Å². The van der Waals surface area contributed by atoms with Crippen molar-refractivity contribution in [2.75, 3.05) is 0 Å². The quantitative estimate of drug-likeness (QED) is 0.740. The maximum absolute atomic E-state index is 5.71. The maximum Gasteiger partial charge on any atom is 0.226 e. The predicted octanol–water partition coefficient (Wildman–Crippen LogP) is 3.87. The van der Waals surface area contributed by atoms with E-state index in [-0.39, 0.29) is 0 Å². The Morgan fingerprint density at radius 1 is 1.47 bits per heavy atom. The Balaban J connectivity index is 1.94. The summed E-state index contributed by atoms with van der Waals surface area (Å²) in [4.78, 5) is 4.33. The van der Waals surface area contributed by atoms with Gasteiger partial charge in [0.25, 0.3) is 0 Å². The standard InChI is InChI=1S/C14H12ClNO/c15-8-13-9-17-14(16-13)12-6-5-10-3-1-2-4-11(10)7-12/h1-2,4-7,9-10H,3,8H2. The lowest BCUT2D eigenvalue weighted by atomic mass is 9.86. The van der Waals surface area contributed by atoms with Crippen molar-refractivity contribution < 1.29 is 4.42 Å². The van der Waals surface area contributed by atoms with Crippen LogP contribution in [0.25, 0.3) is 5.57 Å². The molecule has 3 heteroatoms. The molecule has 0 aromatic carbocycles. The minimum atomic E-state index is 0.383. The van der Waals surface area contributed by atoms with E-state index in [1.165, 1.54) is 5.57 Å². The average Bonchev–Trinajstić information content (AvgIpc) is 2.87. The van der Waals surface area contributed by atoms with E-state index in [1.807, 2.05) is 0 Å². The minimum absolute atomic E-state index is 0.383. The van der Waals surface area contributed by atoms with Crippen LogP contribution < -0.4 is 0 Å². The summed E-state index contributed by atoms with van der Waals surface area (Å²) < 4.78 is 5.41. The third-order valence-corrected chi connectivity index (χ3v) is 3.28. The Morgan fingerprint density at radius 3 is 3.24 bits per heavy atom. The largest absolute Gasteiger partial charge is 0.444 e. The molecule has 0 aliphatic heterocycles. The smallest absolute Gasteiger partial charge is 0.226 e. The Labute approximate surface area is 105 Å². The van der Waals surface area contributed by atoms with Crippen molar-refractivity contribution in [3.63, 3.8) is 0 Å². The van der Waals surface area contributed by atoms with Gasteiger partial charge in [0.1, 0.15) is 6.26 Å². The number of fused-ring (bicyclic) bond motifs is 1. The molecule has 17 heavy (non-hydrogen) atoms. The molecule has 0 saturated heterocycles. The highest BCUT2D eigenvalue weighted by molar-refractivity contribution is 6.16. The maximum atomic E-state index is 5.71. The molecule has 0 N–H and O–H groups in total. The number of hydrogen-bond acceptors (Lipinski definition) is 2. The molecule has 2 aliphatic carbocycles. The van der Waals surface area contributed by atoms with E-state index in [0.29, 0.717) is 17.7 Å². The molecule has 86 valence electrons. The third kappa shape index (κ3) is 2.01. The molecule has 2 aliphatic rings. The molecule has 1 aromatic rings. The van der Waals surface area contributed by atoms with Crippen LogP contribution in [0.2, 0.25) is 0 Å². The second-order valence-electron chi connectivity index (χ2n) is 4.17. The molecular formula is C14H12ClNO. The number of rotatable bonds is 2. The van der Waals surface area contributed by atoms with Gasteiger partial charge < -0.3 is 4.42 Å². The highest BCUT2D eigenvalue weighted by Gasteiger charge is 2.17. The van der Waals surface area contributed by atoms with E-state index < -0.39 is 0 Å². The van der Waals surface area contributed by atoms with Gasteiger partial charge in [-0.1, -0.05) is 30.4 Å². The molecule has 0 amide bonds. The Morgan fingerprint density at radius 2 is 2.41 bits per heavy atom. The second-order valence-corrected chi connectivity index (χ2v) is 4.44. The van der Waals surface area contributed by atoms with Crippen LogP contribution in [0.3, 0.4) is 0 Å². The first kappa shape index (κ1) is 10.6. The third-order valence-electron chi connectivity index (χ3n) is 3.01. The SMILES string of the molecule is ClCc1coc(C2=CC3=CC=CCC3C=C2)n1. The van der Waals surface area contributed by atoms with E-state index in [0.717, 1.165) is 17.7 Å². The zero-order valence-corrected chi connectivity index (χ0v) is 10.0. The van der Waals surface area contributed by atoms with Crippen molar-refractivity contribution in [3.8, 4) is 0 Å². The minimum Gasteiger partial charge on any atom is -0.444 e. The summed E-state index contributed by atoms with van der Waals surface area (Å²) in [6, 6.07) is 0. The van der Waals surface area contributed by atoms with Gasteiger partial charge in [-0.15, -0.1) is 11.6 Å². The van der Waals surface area contributed by atoms with Crippen LogP contribution >= 0.6 is 11.6 Å². The first-order chi connectivity index (χ1) is 8.36. The van der Waals surface area contributed by atoms with Crippen LogP contribution in [0.4, 0.5) is 0 Å². The summed E-state index contributed by atoms with van der Waals surface area (Å²) in [6.45, 7) is 0. The van der Waals surface area contributed by atoms with Crippen molar-refractivity contribution in [1.82, 2.24) is 4.98 Å². The Bertz CT molecular complexity index is 548. The van der Waals surface area contributed by atoms with E-state index in [2.05, 4.69) is 41.4 Å². The lowest BCUT2D eigenvalue weighted by molar-refractivity contribution is 0.542. The molecule has 1 heterocycles. The van der Waals surface area contributed by atoms with Gasteiger partial charge in [-0.2, -0.15) is 0 Å². The molecule has 1 unspecified atom stereocenters. The number of aromatic nitrogens is 1. The molecule has 0 bridgehead atoms. The Hall–Kier alpha value is -1.54. The van der Waals surface area contributed by atoms with Gasteiger partial charge in [-0.25, -0.2) is 4.98 Å². The van der Waals surface area contributed by atoms with Crippen LogP contribution in [0.15, 0.2) is 52.7 Å². The normalized spacial score (nSPS) is 22.1. The highest BCUT2D eigenvalue weighted by atomic mass is 35.5. The van der Waals surface area contributed by atoms with E-state index in [9.17, 15) is 0 Å². The van der Waals surface area contributed by atoms with Gasteiger partial charge in [0.2, 0.25) is 5.89 Å². The molecule has 0 fully saturated rings. The molecule has 0 saturated carbocycles. The second kappa shape index (κ2) is 4.38. The number of hydrogen-bond donors (Lipinski definition) is 0. The first-order valence-corrected chi connectivity index (χ1v) is 6.17. The monoisotopic (exact) mass is 245 g/mol. The van der Waals surface area contributed by atoms with Crippen LogP contribution in [0.1, 0.15) is 18.0 Å². The van der Waals surface area contributed by atoms with Gasteiger partial charge in [0, 0.05) is 11.5 Å². The molecule has 0 spiro atoms. The number of oxazole rings is 1. The van der Waals surface area contributed by atoms with E-state index in [4.69, 9.17) is 16.0 Å². The molecule has 0 radical (unpaired) electrons. The molecule has 1 aromatic heterocycles. The van der Waals surface area contributed by atoms with E-state index >= 15 is 0 Å². The zero-order valence-electron chi connectivity index (χ0n) is 9.27. The van der Waals surface area contributed by atoms with Crippen LogP contribution in [0.5, 0.6) is 0 Å². The van der Waals surface area contributed by atoms with Gasteiger partial charge in [0.05, 0.1) is 11.6 Å². The average molecular weight is 246 g/mol. The summed E-state index contributed by atoms with van der Waals surface area (Å²) in [5, 5.41) is 0. The summed E-state index contributed by atoms with van der Waals surface area (Å²) >= 11 is 5.71. The molecule has 3 rings (SSSR count). The van der Waals surface area contributed by atoms with Crippen molar-refractivity contribution in [2.24, 2.45) is 5.92 Å². The number of nitrogens with zero attached hydrogens (tertiary/aromatic N) is 1. The highest BCUT2D eigenvalue weighted by Crippen LogP contribution is 2.31. The van der Waals surface area contributed by atoms with Crippen molar-refractivity contribution >= 4 is 17.2 Å². The van der Waals surface area contributed by atoms with Crippen LogP contribution in [-0.4, -0.2) is 4.98 Å². The number of allylic oxidation sites excluding steroid dienone is 8. The number of halogens is 1. The predicted molar refractivity (Wildman–Crippen MR) is 68.5 cm³/mol. The van der Waals surface area contributed by atoms with Crippen LogP contribution in [-0.2, 0) is 5.88 Å². The first-order valence-electron chi connectivity index (χ1n) is 5.64. The summed E-state index contributed by atoms with van der Waals surface area (Å²) in [7, 11) is 0. The molecular weight excluding hydrogens is 234 g/mol. The lowest BCUT2D eigenvalue weighted by Gasteiger charge is -2.19. The van der Waals surface area contributed by atoms with Crippen LogP contribution in [0, 0.1) is 5.92 Å². The van der Waals surface area contributed by atoms with Crippen molar-refractivity contribution in [1.29, 1.82) is 0 Å². The fourth-order valence-corrected chi connectivity index (χ4v) is 2.21. The zero-order chi connectivity index (χ0) is 11.7. The lowest BCUT2D eigenvalue weighted by Crippen LogP contribution is -2.05. The van der Waals surface area contributed by atoms with Gasteiger partial charge in [0.15, 0.2) is 0 Å². The van der Waals surface area contributed by atoms with E-state index in [1.54, 1.807) is 6.26 Å². The fourth-order valence-electron chi connectivity index (χ4n) is 2.09. The van der Waals surface area contributed by atoms with Crippen molar-refractivity contribution in [2.45, 2.75) is 12.3 Å². The van der Waals surface area contributed by atoms with Gasteiger partial charge in [-0.3, -0.25) is 0 Å². The number of alkyl halides is 1. The topological polar surface area (TPSA) is 26.0 Å². The Kier molecular flexibility index (Phi) is 2.73. The summed E-state index contributed by atoms with van der Waals surface area (Å²) in [6.07, 6.45) is 15.5. The van der Waals surface area contributed by atoms with Gasteiger partial charge >= 0.3 is 0 Å². The summed E-state index contributed by atoms with van der Waals surface area (Å²) in [5.41, 5.74) is 3.10. The fraction of sp³-hybridized carbons (Fsp3) is 0.214. The molecule has 2 nitrogen and oxygen atoms in total. The summed E-state index contributed by atoms with van der Waals surface area (Å²) in [5.74, 6) is 1.53.